The number of nitrogens with one attached hydrogen (secondary N) is 1. The fourth-order valence-corrected chi connectivity index (χ4v) is 4.34. The minimum Gasteiger partial charge on any atom is -0.489 e. The maximum atomic E-state index is 14.5. The Morgan fingerprint density at radius 2 is 1.88 bits per heavy atom. The first-order valence-electron chi connectivity index (χ1n) is 11.9. The van der Waals surface area contributed by atoms with Crippen molar-refractivity contribution < 1.29 is 37.0 Å². The molecule has 40 heavy (non-hydrogen) atoms. The van der Waals surface area contributed by atoms with Crippen molar-refractivity contribution >= 4 is 22.8 Å². The van der Waals surface area contributed by atoms with E-state index in [-0.39, 0.29) is 34.7 Å². The van der Waals surface area contributed by atoms with Crippen LogP contribution in [0.25, 0.3) is 22.3 Å². The van der Waals surface area contributed by atoms with E-state index in [4.69, 9.17) is 10.5 Å². The van der Waals surface area contributed by atoms with Crippen LogP contribution in [0.3, 0.4) is 0 Å². The Balaban J connectivity index is 1.58. The fourth-order valence-electron chi connectivity index (χ4n) is 4.34. The standard InChI is InChI=1S/C27H21F4N5O4/c1-25(24(32)38)13-40-21-18(25)10-19(36-20(21)14-4-6-17(28)7-5-14)26(39,27(29,30)31)12-35-23(37)16-9-15-3-2-8-33-22(15)34-11-16/h2-11,39H,12-13H2,1H3,(H2,32,38)(H,35,37)/t25-,26?/m0/s1. The first-order chi connectivity index (χ1) is 18.8. The number of ether oxygens (including phenoxy) is 1. The first-order valence-corrected chi connectivity index (χ1v) is 11.9. The number of fused-ring (bicyclic) bond motifs is 2. The molecule has 0 spiro atoms. The number of carbonyl (C=O) groups is 2. The summed E-state index contributed by atoms with van der Waals surface area (Å²) >= 11 is 0. The normalized spacial score (nSPS) is 18.1. The van der Waals surface area contributed by atoms with Gasteiger partial charge in [0.05, 0.1) is 17.8 Å². The summed E-state index contributed by atoms with van der Waals surface area (Å²) in [4.78, 5) is 37.2. The largest absolute Gasteiger partial charge is 0.489 e. The van der Waals surface area contributed by atoms with Gasteiger partial charge in [-0.05, 0) is 55.5 Å². The molecule has 0 aliphatic carbocycles. The minimum atomic E-state index is -5.34. The van der Waals surface area contributed by atoms with Gasteiger partial charge in [0.25, 0.3) is 5.91 Å². The van der Waals surface area contributed by atoms with E-state index in [1.807, 2.05) is 0 Å². The lowest BCUT2D eigenvalue weighted by Crippen LogP contribution is -2.51. The van der Waals surface area contributed by atoms with E-state index in [0.29, 0.717) is 11.0 Å². The lowest BCUT2D eigenvalue weighted by molar-refractivity contribution is -0.265. The molecule has 2 amide bonds. The quantitative estimate of drug-likeness (QED) is 0.311. The van der Waals surface area contributed by atoms with E-state index < -0.39 is 47.1 Å². The van der Waals surface area contributed by atoms with Crippen molar-refractivity contribution in [3.05, 3.63) is 83.6 Å². The number of nitrogens with two attached hydrogens (primary N) is 1. The highest BCUT2D eigenvalue weighted by molar-refractivity contribution is 5.96. The van der Waals surface area contributed by atoms with Gasteiger partial charge in [-0.3, -0.25) is 9.59 Å². The number of alkyl halides is 3. The second kappa shape index (κ2) is 9.52. The molecule has 4 heterocycles. The third kappa shape index (κ3) is 4.47. The lowest BCUT2D eigenvalue weighted by Gasteiger charge is -2.31. The number of primary amides is 1. The number of pyridine rings is 3. The molecule has 0 saturated carbocycles. The Kier molecular flexibility index (Phi) is 6.41. The summed E-state index contributed by atoms with van der Waals surface area (Å²) < 4.78 is 62.7. The molecule has 2 atom stereocenters. The van der Waals surface area contributed by atoms with Crippen LogP contribution in [-0.2, 0) is 15.8 Å². The highest BCUT2D eigenvalue weighted by Gasteiger charge is 2.57. The van der Waals surface area contributed by atoms with Gasteiger partial charge in [0, 0.05) is 28.9 Å². The number of nitrogens with zero attached hydrogens (tertiary/aromatic N) is 3. The van der Waals surface area contributed by atoms with Crippen molar-refractivity contribution in [3.8, 4) is 17.0 Å². The van der Waals surface area contributed by atoms with Crippen molar-refractivity contribution in [1.82, 2.24) is 20.3 Å². The molecule has 206 valence electrons. The van der Waals surface area contributed by atoms with Gasteiger partial charge < -0.3 is 20.9 Å². The number of carbonyl (C=O) groups excluding carboxylic acids is 2. The molecule has 0 bridgehead atoms. The predicted octanol–water partition coefficient (Wildman–Crippen LogP) is 3.15. The third-order valence-corrected chi connectivity index (χ3v) is 6.85. The zero-order chi connectivity index (χ0) is 28.9. The van der Waals surface area contributed by atoms with Gasteiger partial charge in [-0.25, -0.2) is 19.3 Å². The molecular weight excluding hydrogens is 534 g/mol. The van der Waals surface area contributed by atoms with E-state index in [0.717, 1.165) is 24.4 Å². The maximum Gasteiger partial charge on any atom is 0.424 e. The van der Waals surface area contributed by atoms with Gasteiger partial charge in [0.2, 0.25) is 11.5 Å². The molecule has 0 fully saturated rings. The maximum absolute atomic E-state index is 14.5. The Bertz CT molecular complexity index is 1650. The number of benzene rings is 1. The van der Waals surface area contributed by atoms with Crippen molar-refractivity contribution in [2.75, 3.05) is 13.2 Å². The van der Waals surface area contributed by atoms with E-state index in [1.54, 1.807) is 12.1 Å². The Hall–Kier alpha value is -4.65. The zero-order valence-electron chi connectivity index (χ0n) is 20.8. The number of aromatic nitrogens is 3. The van der Waals surface area contributed by atoms with Crippen LogP contribution < -0.4 is 15.8 Å². The van der Waals surface area contributed by atoms with Crippen LogP contribution in [0.1, 0.15) is 28.5 Å². The summed E-state index contributed by atoms with van der Waals surface area (Å²) in [5.74, 6) is -2.45. The number of hydrogen-bond donors (Lipinski definition) is 3. The molecule has 5 rings (SSSR count). The number of rotatable bonds is 6. The lowest BCUT2D eigenvalue weighted by atomic mass is 9.81. The van der Waals surface area contributed by atoms with Gasteiger partial charge in [-0.15, -0.1) is 0 Å². The average molecular weight is 555 g/mol. The summed E-state index contributed by atoms with van der Waals surface area (Å²) in [5.41, 5.74) is -0.388. The Morgan fingerprint density at radius 1 is 1.15 bits per heavy atom. The van der Waals surface area contributed by atoms with Gasteiger partial charge in [-0.1, -0.05) is 0 Å². The Labute approximate surface area is 224 Å². The van der Waals surface area contributed by atoms with Crippen molar-refractivity contribution in [2.45, 2.75) is 24.1 Å². The highest BCUT2D eigenvalue weighted by atomic mass is 19.4. The third-order valence-electron chi connectivity index (χ3n) is 6.85. The zero-order valence-corrected chi connectivity index (χ0v) is 20.8. The van der Waals surface area contributed by atoms with E-state index in [2.05, 4.69) is 20.3 Å². The molecule has 0 radical (unpaired) electrons. The number of hydrogen-bond acceptors (Lipinski definition) is 7. The molecule has 4 aromatic rings. The van der Waals surface area contributed by atoms with Crippen LogP contribution in [0.2, 0.25) is 0 Å². The van der Waals surface area contributed by atoms with Crippen LogP contribution in [0, 0.1) is 5.82 Å². The van der Waals surface area contributed by atoms with Crippen LogP contribution in [0.4, 0.5) is 17.6 Å². The van der Waals surface area contributed by atoms with Crippen LogP contribution in [0.15, 0.2) is 60.9 Å². The molecule has 1 aromatic carbocycles. The number of aliphatic hydroxyl groups is 1. The van der Waals surface area contributed by atoms with Gasteiger partial charge in [-0.2, -0.15) is 13.2 Å². The molecule has 13 heteroatoms. The molecule has 0 saturated heterocycles. The summed E-state index contributed by atoms with van der Waals surface area (Å²) in [7, 11) is 0. The fraction of sp³-hybridized carbons (Fsp3) is 0.222. The average Bonchev–Trinajstić information content (AvgIpc) is 3.28. The smallest absolute Gasteiger partial charge is 0.424 e. The molecule has 1 aliphatic rings. The van der Waals surface area contributed by atoms with Crippen molar-refractivity contribution in [1.29, 1.82) is 0 Å². The molecular formula is C27H21F4N5O4. The van der Waals surface area contributed by atoms with Gasteiger partial charge in [0.1, 0.15) is 29.3 Å². The SMILES string of the molecule is C[C@]1(C(N)=O)COc2c1cc(C(O)(CNC(=O)c1cnc3ncccc3c1)C(F)(F)F)nc2-c1ccc(F)cc1. The summed E-state index contributed by atoms with van der Waals surface area (Å²) in [5, 5.41) is 13.7. The monoisotopic (exact) mass is 555 g/mol. The number of halogens is 4. The van der Waals surface area contributed by atoms with Crippen molar-refractivity contribution in [2.24, 2.45) is 5.73 Å². The van der Waals surface area contributed by atoms with Crippen LogP contribution in [-0.4, -0.2) is 51.2 Å². The molecule has 4 N–H and O–H groups in total. The predicted molar refractivity (Wildman–Crippen MR) is 133 cm³/mol. The van der Waals surface area contributed by atoms with E-state index in [1.165, 1.54) is 31.3 Å². The van der Waals surface area contributed by atoms with Crippen molar-refractivity contribution in [3.63, 3.8) is 0 Å². The van der Waals surface area contributed by atoms with E-state index in [9.17, 15) is 32.3 Å². The van der Waals surface area contributed by atoms with Gasteiger partial charge >= 0.3 is 6.18 Å². The second-order valence-electron chi connectivity index (χ2n) is 9.54. The van der Waals surface area contributed by atoms with E-state index >= 15 is 0 Å². The molecule has 3 aromatic heterocycles. The van der Waals surface area contributed by atoms with Crippen LogP contribution in [0.5, 0.6) is 5.75 Å². The molecule has 1 aliphatic heterocycles. The highest BCUT2D eigenvalue weighted by Crippen LogP contribution is 2.47. The number of amides is 2. The summed E-state index contributed by atoms with van der Waals surface area (Å²) in [6.45, 7) is -0.236. The molecule has 9 nitrogen and oxygen atoms in total. The Morgan fingerprint density at radius 3 is 2.55 bits per heavy atom. The minimum absolute atomic E-state index is 0.0268. The topological polar surface area (TPSA) is 140 Å². The van der Waals surface area contributed by atoms with Crippen LogP contribution >= 0.6 is 0 Å². The van der Waals surface area contributed by atoms with Gasteiger partial charge in [0.15, 0.2) is 5.65 Å². The summed E-state index contributed by atoms with van der Waals surface area (Å²) in [6.07, 6.45) is -2.69. The summed E-state index contributed by atoms with van der Waals surface area (Å²) in [6, 6.07) is 10.2. The molecule has 1 unspecified atom stereocenters. The second-order valence-corrected chi connectivity index (χ2v) is 9.54. The first kappa shape index (κ1) is 26.9.